The molecule has 1 amide bonds. The molecular formula is C20H13Cl2N3O2. The number of nitrogens with zero attached hydrogens (tertiary/aromatic N) is 2. The first kappa shape index (κ1) is 18.7. The third-order valence-corrected chi connectivity index (χ3v) is 4.11. The van der Waals surface area contributed by atoms with Gasteiger partial charge in [0.05, 0.1) is 16.8 Å². The van der Waals surface area contributed by atoms with E-state index in [2.05, 4.69) is 10.3 Å². The summed E-state index contributed by atoms with van der Waals surface area (Å²) >= 11 is 12.0. The van der Waals surface area contributed by atoms with Gasteiger partial charge in [-0.15, -0.1) is 0 Å². The highest BCUT2D eigenvalue weighted by Crippen LogP contribution is 2.31. The summed E-state index contributed by atoms with van der Waals surface area (Å²) in [6.45, 7) is -0.0491. The van der Waals surface area contributed by atoms with Crippen LogP contribution in [0.4, 0.5) is 0 Å². The van der Waals surface area contributed by atoms with Crippen molar-refractivity contribution in [3.05, 3.63) is 76.3 Å². The number of pyridine rings is 1. The lowest BCUT2D eigenvalue weighted by molar-refractivity contribution is 0.0958. The number of halogens is 2. The Morgan fingerprint density at radius 1 is 1.11 bits per heavy atom. The maximum absolute atomic E-state index is 12.0. The van der Waals surface area contributed by atoms with Crippen molar-refractivity contribution in [2.45, 2.75) is 0 Å². The van der Waals surface area contributed by atoms with E-state index in [1.807, 2.05) is 18.2 Å². The van der Waals surface area contributed by atoms with E-state index in [1.54, 1.807) is 48.5 Å². The largest absolute Gasteiger partial charge is 0.437 e. The number of carbonyl (C=O) groups excluding carboxylic acids is 1. The average Bonchev–Trinajstić information content (AvgIpc) is 2.68. The van der Waals surface area contributed by atoms with Gasteiger partial charge in [0, 0.05) is 22.2 Å². The van der Waals surface area contributed by atoms with E-state index >= 15 is 0 Å². The molecule has 0 saturated carbocycles. The quantitative estimate of drug-likeness (QED) is 0.607. The maximum Gasteiger partial charge on any atom is 0.252 e. The Labute approximate surface area is 166 Å². The smallest absolute Gasteiger partial charge is 0.252 e. The zero-order valence-electron chi connectivity index (χ0n) is 13.9. The number of benzene rings is 2. The van der Waals surface area contributed by atoms with Crippen LogP contribution in [0.5, 0.6) is 11.6 Å². The molecule has 0 radical (unpaired) electrons. The number of amides is 1. The number of hydrogen-bond acceptors (Lipinski definition) is 4. The number of aromatic nitrogens is 1. The molecule has 5 nitrogen and oxygen atoms in total. The highest BCUT2D eigenvalue weighted by Gasteiger charge is 2.09. The zero-order chi connectivity index (χ0) is 19.2. The van der Waals surface area contributed by atoms with E-state index in [0.717, 1.165) is 5.56 Å². The van der Waals surface area contributed by atoms with Gasteiger partial charge < -0.3 is 10.1 Å². The minimum atomic E-state index is -0.321. The second-order valence-corrected chi connectivity index (χ2v) is 6.30. The van der Waals surface area contributed by atoms with Crippen LogP contribution in [0.2, 0.25) is 10.0 Å². The van der Waals surface area contributed by atoms with Gasteiger partial charge in [-0.2, -0.15) is 5.26 Å². The van der Waals surface area contributed by atoms with Crippen molar-refractivity contribution in [2.75, 3.05) is 6.54 Å². The van der Waals surface area contributed by atoms with Crippen molar-refractivity contribution in [1.82, 2.24) is 10.3 Å². The van der Waals surface area contributed by atoms with E-state index in [4.69, 9.17) is 33.2 Å². The Balaban J connectivity index is 1.85. The molecule has 1 N–H and O–H groups in total. The fourth-order valence-corrected chi connectivity index (χ4v) is 2.79. The van der Waals surface area contributed by atoms with Gasteiger partial charge in [0.1, 0.15) is 12.3 Å². The molecule has 0 saturated heterocycles. The topological polar surface area (TPSA) is 75.0 Å². The Morgan fingerprint density at radius 2 is 1.93 bits per heavy atom. The molecule has 0 spiro atoms. The third-order valence-electron chi connectivity index (χ3n) is 3.58. The first-order valence-electron chi connectivity index (χ1n) is 7.92. The summed E-state index contributed by atoms with van der Waals surface area (Å²) in [6.07, 6.45) is 0. The average molecular weight is 398 g/mol. The van der Waals surface area contributed by atoms with Crippen molar-refractivity contribution >= 4 is 29.1 Å². The molecule has 3 rings (SSSR count). The number of nitriles is 1. The van der Waals surface area contributed by atoms with Crippen molar-refractivity contribution in [2.24, 2.45) is 0 Å². The first-order chi connectivity index (χ1) is 13.1. The predicted molar refractivity (Wildman–Crippen MR) is 104 cm³/mol. The van der Waals surface area contributed by atoms with Crippen LogP contribution in [0.25, 0.3) is 11.3 Å². The number of rotatable bonds is 5. The molecule has 2 aromatic carbocycles. The van der Waals surface area contributed by atoms with Gasteiger partial charge in [-0.05, 0) is 36.4 Å². The van der Waals surface area contributed by atoms with Crippen LogP contribution in [0, 0.1) is 11.3 Å². The standard InChI is InChI=1S/C20H13Cl2N3O2/c21-15-7-8-18(16(22)12-15)27-19-6-2-5-17(25-19)13-3-1-4-14(11-13)20(26)24-10-9-23/h1-8,11-12H,10H2,(H,24,26). The molecule has 0 unspecified atom stereocenters. The second kappa shape index (κ2) is 8.54. The molecule has 27 heavy (non-hydrogen) atoms. The number of ether oxygens (including phenoxy) is 1. The summed E-state index contributed by atoms with van der Waals surface area (Å²) in [7, 11) is 0. The van der Waals surface area contributed by atoms with Gasteiger partial charge in [-0.25, -0.2) is 4.98 Å². The third kappa shape index (κ3) is 4.76. The highest BCUT2D eigenvalue weighted by atomic mass is 35.5. The molecule has 0 atom stereocenters. The monoisotopic (exact) mass is 397 g/mol. The molecule has 1 aromatic heterocycles. The van der Waals surface area contributed by atoms with Crippen LogP contribution in [-0.2, 0) is 0 Å². The lowest BCUT2D eigenvalue weighted by Gasteiger charge is -2.09. The van der Waals surface area contributed by atoms with Crippen LogP contribution in [-0.4, -0.2) is 17.4 Å². The summed E-state index contributed by atoms with van der Waals surface area (Å²) < 4.78 is 5.74. The molecule has 0 bridgehead atoms. The molecule has 0 fully saturated rings. The van der Waals surface area contributed by atoms with Crippen molar-refractivity contribution in [1.29, 1.82) is 5.26 Å². The molecule has 134 valence electrons. The molecule has 7 heteroatoms. The van der Waals surface area contributed by atoms with Crippen LogP contribution >= 0.6 is 23.2 Å². The number of carbonyl (C=O) groups is 1. The van der Waals surface area contributed by atoms with Crippen LogP contribution < -0.4 is 10.1 Å². The molecule has 0 aliphatic heterocycles. The van der Waals surface area contributed by atoms with E-state index in [-0.39, 0.29) is 12.5 Å². The normalized spacial score (nSPS) is 10.1. The van der Waals surface area contributed by atoms with Crippen molar-refractivity contribution in [3.63, 3.8) is 0 Å². The molecule has 0 aliphatic rings. The molecular weight excluding hydrogens is 385 g/mol. The number of hydrogen-bond donors (Lipinski definition) is 1. The van der Waals surface area contributed by atoms with E-state index < -0.39 is 0 Å². The summed E-state index contributed by atoms with van der Waals surface area (Å²) in [6, 6.07) is 19.1. The van der Waals surface area contributed by atoms with E-state index in [9.17, 15) is 4.79 Å². The van der Waals surface area contributed by atoms with Crippen LogP contribution in [0.3, 0.4) is 0 Å². The Hall–Kier alpha value is -3.07. The summed E-state index contributed by atoms with van der Waals surface area (Å²) in [5.74, 6) is 0.477. The summed E-state index contributed by atoms with van der Waals surface area (Å²) in [4.78, 5) is 16.5. The fraction of sp³-hybridized carbons (Fsp3) is 0.0500. The van der Waals surface area contributed by atoms with Gasteiger partial charge in [0.25, 0.3) is 5.91 Å². The predicted octanol–water partition coefficient (Wildman–Crippen LogP) is 5.10. The van der Waals surface area contributed by atoms with Gasteiger partial charge in [-0.1, -0.05) is 41.4 Å². The minimum Gasteiger partial charge on any atom is -0.437 e. The maximum atomic E-state index is 12.0. The number of nitrogens with one attached hydrogen (secondary N) is 1. The molecule has 0 aliphatic carbocycles. The second-order valence-electron chi connectivity index (χ2n) is 5.46. The fourth-order valence-electron chi connectivity index (χ4n) is 2.34. The van der Waals surface area contributed by atoms with Crippen molar-refractivity contribution in [3.8, 4) is 29.0 Å². The van der Waals surface area contributed by atoms with Gasteiger partial charge in [-0.3, -0.25) is 4.79 Å². The summed E-state index contributed by atoms with van der Waals surface area (Å²) in [5, 5.41) is 12.0. The first-order valence-corrected chi connectivity index (χ1v) is 8.68. The Bertz CT molecular complexity index is 1030. The Kier molecular flexibility index (Phi) is 5.92. The van der Waals surface area contributed by atoms with E-state index in [1.165, 1.54) is 0 Å². The highest BCUT2D eigenvalue weighted by molar-refractivity contribution is 6.35. The molecule has 1 heterocycles. The SMILES string of the molecule is N#CCNC(=O)c1cccc(-c2cccc(Oc3ccc(Cl)cc3Cl)n2)c1. The van der Waals surface area contributed by atoms with E-state index in [0.29, 0.717) is 32.9 Å². The van der Waals surface area contributed by atoms with Gasteiger partial charge >= 0.3 is 0 Å². The summed E-state index contributed by atoms with van der Waals surface area (Å²) in [5.41, 5.74) is 1.82. The van der Waals surface area contributed by atoms with Crippen LogP contribution in [0.15, 0.2) is 60.7 Å². The van der Waals surface area contributed by atoms with Crippen LogP contribution in [0.1, 0.15) is 10.4 Å². The van der Waals surface area contributed by atoms with Gasteiger partial charge in [0.2, 0.25) is 5.88 Å². The molecule has 3 aromatic rings. The van der Waals surface area contributed by atoms with Crippen molar-refractivity contribution < 1.29 is 9.53 Å². The Morgan fingerprint density at radius 3 is 2.70 bits per heavy atom. The lowest BCUT2D eigenvalue weighted by Crippen LogP contribution is -2.23. The van der Waals surface area contributed by atoms with Gasteiger partial charge in [0.15, 0.2) is 0 Å². The minimum absolute atomic E-state index is 0.0491. The lowest BCUT2D eigenvalue weighted by atomic mass is 10.1. The zero-order valence-corrected chi connectivity index (χ0v) is 15.5.